The first-order valence-electron chi connectivity index (χ1n) is 9.15. The van der Waals surface area contributed by atoms with Gasteiger partial charge in [-0.2, -0.15) is 5.10 Å². The van der Waals surface area contributed by atoms with Gasteiger partial charge in [0.15, 0.2) is 0 Å². The third-order valence-electron chi connectivity index (χ3n) is 5.20. The van der Waals surface area contributed by atoms with Crippen LogP contribution in [-0.4, -0.2) is 40.8 Å². The molecule has 0 aliphatic carbocycles. The number of rotatable bonds is 6. The van der Waals surface area contributed by atoms with E-state index in [0.29, 0.717) is 17.7 Å². The van der Waals surface area contributed by atoms with Gasteiger partial charge in [-0.15, -0.1) is 0 Å². The molecule has 25 heavy (non-hydrogen) atoms. The van der Waals surface area contributed by atoms with Gasteiger partial charge in [0.05, 0.1) is 13.2 Å². The lowest BCUT2D eigenvalue weighted by molar-refractivity contribution is 0.0783. The van der Waals surface area contributed by atoms with Crippen molar-refractivity contribution in [3.63, 3.8) is 0 Å². The van der Waals surface area contributed by atoms with Crippen LogP contribution in [0.25, 0.3) is 0 Å². The second-order valence-corrected chi connectivity index (χ2v) is 6.63. The van der Waals surface area contributed by atoms with Crippen molar-refractivity contribution in [2.45, 2.75) is 45.1 Å². The zero-order valence-electron chi connectivity index (χ0n) is 15.3. The van der Waals surface area contributed by atoms with E-state index in [9.17, 15) is 4.79 Å². The van der Waals surface area contributed by atoms with Crippen molar-refractivity contribution in [3.8, 4) is 5.75 Å². The number of ether oxygens (including phenoxy) is 1. The Morgan fingerprint density at radius 2 is 2.04 bits per heavy atom. The zero-order valence-corrected chi connectivity index (χ0v) is 15.3. The van der Waals surface area contributed by atoms with Crippen molar-refractivity contribution in [2.75, 3.05) is 20.2 Å². The van der Waals surface area contributed by atoms with Crippen molar-refractivity contribution in [1.82, 2.24) is 14.7 Å². The van der Waals surface area contributed by atoms with Crippen molar-refractivity contribution >= 4 is 5.91 Å². The average molecular weight is 341 g/mol. The van der Waals surface area contributed by atoms with Gasteiger partial charge >= 0.3 is 0 Å². The first-order valence-corrected chi connectivity index (χ1v) is 9.15. The molecule has 1 atom stereocenters. The molecule has 0 saturated carbocycles. The summed E-state index contributed by atoms with van der Waals surface area (Å²) in [7, 11) is 1.70. The second-order valence-electron chi connectivity index (χ2n) is 6.63. The number of likely N-dealkylation sites (tertiary alicyclic amines) is 1. The lowest BCUT2D eigenvalue weighted by atomic mass is 9.97. The Morgan fingerprint density at radius 1 is 1.28 bits per heavy atom. The highest BCUT2D eigenvalue weighted by molar-refractivity contribution is 5.92. The van der Waals surface area contributed by atoms with Crippen LogP contribution in [-0.2, 0) is 0 Å². The molecule has 1 fully saturated rings. The number of carbonyl (C=O) groups is 1. The number of amides is 1. The van der Waals surface area contributed by atoms with Crippen LogP contribution in [0.2, 0.25) is 0 Å². The number of benzene rings is 1. The summed E-state index contributed by atoms with van der Waals surface area (Å²) in [6, 6.07) is 10.3. The molecule has 0 bridgehead atoms. The smallest absolute Gasteiger partial charge is 0.274 e. The molecule has 2 heterocycles. The summed E-state index contributed by atoms with van der Waals surface area (Å²) in [6.45, 7) is 5.78. The van der Waals surface area contributed by atoms with Gasteiger partial charge in [-0.25, -0.2) is 0 Å². The predicted molar refractivity (Wildman–Crippen MR) is 98.1 cm³/mol. The molecule has 1 aliphatic rings. The van der Waals surface area contributed by atoms with E-state index in [1.54, 1.807) is 7.11 Å². The van der Waals surface area contributed by atoms with Crippen LogP contribution in [0, 0.1) is 0 Å². The number of hydrogen-bond acceptors (Lipinski definition) is 3. The minimum Gasteiger partial charge on any atom is -0.496 e. The molecular formula is C20H27N3O2. The molecule has 134 valence electrons. The summed E-state index contributed by atoms with van der Waals surface area (Å²) in [5.74, 6) is 1.25. The number of hydrogen-bond donors (Lipinski definition) is 0. The summed E-state index contributed by atoms with van der Waals surface area (Å²) in [4.78, 5) is 14.7. The summed E-state index contributed by atoms with van der Waals surface area (Å²) in [6.07, 6.45) is 4.93. The standard InChI is InChI=1S/C20H27N3O2/c1-4-16(5-2)23-13-11-18(21-23)20(24)22-12-10-15(14-22)17-8-6-7-9-19(17)25-3/h6-9,11,13,15-16H,4-5,10,12,14H2,1-3H3. The third-order valence-corrected chi connectivity index (χ3v) is 5.20. The predicted octanol–water partition coefficient (Wildman–Crippen LogP) is 3.88. The number of aromatic nitrogens is 2. The lowest BCUT2D eigenvalue weighted by Crippen LogP contribution is -2.29. The van der Waals surface area contributed by atoms with Gasteiger partial charge in [0.2, 0.25) is 0 Å². The van der Waals surface area contributed by atoms with Gasteiger partial charge in [-0.3, -0.25) is 9.48 Å². The molecule has 3 rings (SSSR count). The zero-order chi connectivity index (χ0) is 17.8. The Bertz CT molecular complexity index is 721. The highest BCUT2D eigenvalue weighted by atomic mass is 16.5. The van der Waals surface area contributed by atoms with E-state index in [1.165, 1.54) is 5.56 Å². The maximum atomic E-state index is 12.8. The molecule has 0 radical (unpaired) electrons. The van der Waals surface area contributed by atoms with Crippen LogP contribution in [0.15, 0.2) is 36.5 Å². The topological polar surface area (TPSA) is 47.4 Å². The molecule has 1 unspecified atom stereocenters. The molecule has 0 N–H and O–H groups in total. The largest absolute Gasteiger partial charge is 0.496 e. The van der Waals surface area contributed by atoms with Crippen LogP contribution in [0.4, 0.5) is 0 Å². The lowest BCUT2D eigenvalue weighted by Gasteiger charge is -2.17. The Hall–Kier alpha value is -2.30. The van der Waals surface area contributed by atoms with E-state index < -0.39 is 0 Å². The van der Waals surface area contributed by atoms with Crippen molar-refractivity contribution in [3.05, 3.63) is 47.8 Å². The quantitative estimate of drug-likeness (QED) is 0.801. The number of nitrogens with zero attached hydrogens (tertiary/aromatic N) is 3. The van der Waals surface area contributed by atoms with Crippen molar-refractivity contribution < 1.29 is 9.53 Å². The first kappa shape index (κ1) is 17.5. The summed E-state index contributed by atoms with van der Waals surface area (Å²) in [5, 5.41) is 4.53. The molecule has 1 aromatic heterocycles. The average Bonchev–Trinajstić information content (AvgIpc) is 3.32. The molecular weight excluding hydrogens is 314 g/mol. The summed E-state index contributed by atoms with van der Waals surface area (Å²) >= 11 is 0. The molecule has 5 heteroatoms. The highest BCUT2D eigenvalue weighted by Gasteiger charge is 2.30. The fourth-order valence-corrected chi connectivity index (χ4v) is 3.68. The Kier molecular flexibility index (Phi) is 5.41. The Morgan fingerprint density at radius 3 is 2.76 bits per heavy atom. The van der Waals surface area contributed by atoms with Crippen LogP contribution >= 0.6 is 0 Å². The van der Waals surface area contributed by atoms with E-state index in [-0.39, 0.29) is 5.91 Å². The number of methoxy groups -OCH3 is 1. The fraction of sp³-hybridized carbons (Fsp3) is 0.500. The van der Waals surface area contributed by atoms with E-state index in [4.69, 9.17) is 4.74 Å². The Balaban J connectivity index is 1.71. The molecule has 1 aliphatic heterocycles. The number of carbonyl (C=O) groups excluding carboxylic acids is 1. The van der Waals surface area contributed by atoms with Crippen molar-refractivity contribution in [2.24, 2.45) is 0 Å². The van der Waals surface area contributed by atoms with Gasteiger partial charge in [-0.05, 0) is 37.0 Å². The first-order chi connectivity index (χ1) is 12.2. The highest BCUT2D eigenvalue weighted by Crippen LogP contribution is 2.33. The van der Waals surface area contributed by atoms with Crippen LogP contribution in [0.1, 0.15) is 61.1 Å². The normalized spacial score (nSPS) is 17.3. The van der Waals surface area contributed by atoms with Crippen molar-refractivity contribution in [1.29, 1.82) is 0 Å². The van der Waals surface area contributed by atoms with Gasteiger partial charge < -0.3 is 9.64 Å². The van der Waals surface area contributed by atoms with Crippen LogP contribution < -0.4 is 4.74 Å². The van der Waals surface area contributed by atoms with Gasteiger partial charge in [-0.1, -0.05) is 32.0 Å². The molecule has 1 aromatic carbocycles. The molecule has 0 spiro atoms. The third kappa shape index (κ3) is 3.55. The molecule has 1 saturated heterocycles. The molecule has 1 amide bonds. The van der Waals surface area contributed by atoms with E-state index in [1.807, 2.05) is 40.0 Å². The Labute approximate surface area is 149 Å². The minimum atomic E-state index is 0.0297. The van der Waals surface area contributed by atoms with Gasteiger partial charge in [0.1, 0.15) is 11.4 Å². The maximum Gasteiger partial charge on any atom is 0.274 e. The van der Waals surface area contributed by atoms with E-state index in [0.717, 1.165) is 38.1 Å². The molecule has 2 aromatic rings. The van der Waals surface area contributed by atoms with Crippen LogP contribution in [0.5, 0.6) is 5.75 Å². The maximum absolute atomic E-state index is 12.8. The summed E-state index contributed by atoms with van der Waals surface area (Å²) in [5.41, 5.74) is 1.73. The van der Waals surface area contributed by atoms with Gasteiger partial charge in [0.25, 0.3) is 5.91 Å². The molecule has 5 nitrogen and oxygen atoms in total. The van der Waals surface area contributed by atoms with Crippen LogP contribution in [0.3, 0.4) is 0 Å². The van der Waals surface area contributed by atoms with Gasteiger partial charge in [0, 0.05) is 25.2 Å². The minimum absolute atomic E-state index is 0.0297. The second kappa shape index (κ2) is 7.72. The SMILES string of the molecule is CCC(CC)n1ccc(C(=O)N2CCC(c3ccccc3OC)C2)n1. The summed E-state index contributed by atoms with van der Waals surface area (Å²) < 4.78 is 7.40. The van der Waals surface area contributed by atoms with E-state index in [2.05, 4.69) is 25.0 Å². The monoisotopic (exact) mass is 341 g/mol. The number of para-hydroxylation sites is 1. The fourth-order valence-electron chi connectivity index (χ4n) is 3.68. The van der Waals surface area contributed by atoms with E-state index >= 15 is 0 Å².